The van der Waals surface area contributed by atoms with E-state index in [-0.39, 0.29) is 5.54 Å². The van der Waals surface area contributed by atoms with Crippen molar-refractivity contribution in [3.05, 3.63) is 0 Å². The van der Waals surface area contributed by atoms with Gasteiger partial charge in [-0.05, 0) is 24.2 Å². The van der Waals surface area contributed by atoms with Crippen molar-refractivity contribution in [2.75, 3.05) is 0 Å². The molecule has 0 aromatic rings. The Morgan fingerprint density at radius 2 is 1.91 bits per heavy atom. The predicted octanol–water partition coefficient (Wildman–Crippen LogP) is 2.55. The largest absolute Gasteiger partial charge is 0.325 e. The van der Waals surface area contributed by atoms with E-state index in [0.29, 0.717) is 5.41 Å². The molecule has 0 bridgehead atoms. The molecule has 0 spiro atoms. The highest BCUT2D eigenvalue weighted by Gasteiger charge is 2.52. The molecular formula is C10H21N. The van der Waals surface area contributed by atoms with Gasteiger partial charge in [0.25, 0.3) is 0 Å². The molecule has 0 aliphatic heterocycles. The molecule has 0 aromatic carbocycles. The van der Waals surface area contributed by atoms with Crippen molar-refractivity contribution >= 4 is 0 Å². The highest BCUT2D eigenvalue weighted by molar-refractivity contribution is 5.10. The van der Waals surface area contributed by atoms with Gasteiger partial charge in [-0.1, -0.05) is 34.1 Å². The molecule has 1 saturated carbocycles. The van der Waals surface area contributed by atoms with Crippen LogP contribution in [-0.4, -0.2) is 5.54 Å². The maximum Gasteiger partial charge on any atom is 0.0210 e. The van der Waals surface area contributed by atoms with E-state index in [1.165, 1.54) is 19.3 Å². The van der Waals surface area contributed by atoms with Crippen LogP contribution in [0.4, 0.5) is 0 Å². The van der Waals surface area contributed by atoms with Gasteiger partial charge in [-0.15, -0.1) is 0 Å². The van der Waals surface area contributed by atoms with Crippen molar-refractivity contribution in [2.45, 2.75) is 52.5 Å². The molecule has 0 heterocycles. The van der Waals surface area contributed by atoms with Gasteiger partial charge < -0.3 is 5.73 Å². The van der Waals surface area contributed by atoms with Crippen LogP contribution < -0.4 is 5.73 Å². The zero-order chi connectivity index (χ0) is 8.70. The van der Waals surface area contributed by atoms with Crippen LogP contribution in [0.15, 0.2) is 0 Å². The van der Waals surface area contributed by atoms with Gasteiger partial charge in [0.1, 0.15) is 0 Å². The highest BCUT2D eigenvalue weighted by atomic mass is 14.9. The Labute approximate surface area is 70.4 Å². The summed E-state index contributed by atoms with van der Waals surface area (Å²) in [6, 6.07) is 0. The van der Waals surface area contributed by atoms with E-state index in [4.69, 9.17) is 5.73 Å². The quantitative estimate of drug-likeness (QED) is 0.666. The maximum atomic E-state index is 6.20. The molecule has 1 nitrogen and oxygen atoms in total. The van der Waals surface area contributed by atoms with Crippen LogP contribution in [0.1, 0.15) is 47.0 Å². The van der Waals surface area contributed by atoms with Crippen molar-refractivity contribution in [3.63, 3.8) is 0 Å². The van der Waals surface area contributed by atoms with E-state index in [2.05, 4.69) is 27.7 Å². The standard InChI is InChI=1S/C10H21N/c1-5-8(2)9(3,4)10(11)6-7-10/h8H,5-7,11H2,1-4H3. The van der Waals surface area contributed by atoms with Crippen LogP contribution in [-0.2, 0) is 0 Å². The van der Waals surface area contributed by atoms with E-state index in [0.717, 1.165) is 5.92 Å². The number of hydrogen-bond donors (Lipinski definition) is 1. The minimum Gasteiger partial charge on any atom is -0.325 e. The summed E-state index contributed by atoms with van der Waals surface area (Å²) in [5.74, 6) is 0.745. The molecule has 0 saturated heterocycles. The molecule has 66 valence electrons. The Kier molecular flexibility index (Phi) is 2.04. The molecule has 2 N–H and O–H groups in total. The summed E-state index contributed by atoms with van der Waals surface area (Å²) in [5.41, 5.74) is 6.70. The molecule has 0 aromatic heterocycles. The van der Waals surface area contributed by atoms with Gasteiger partial charge in [0.05, 0.1) is 0 Å². The monoisotopic (exact) mass is 155 g/mol. The lowest BCUT2D eigenvalue weighted by Gasteiger charge is -2.37. The van der Waals surface area contributed by atoms with E-state index in [1.807, 2.05) is 0 Å². The van der Waals surface area contributed by atoms with E-state index in [1.54, 1.807) is 0 Å². The van der Waals surface area contributed by atoms with Crippen molar-refractivity contribution in [2.24, 2.45) is 17.1 Å². The Bertz CT molecular complexity index is 145. The molecule has 1 unspecified atom stereocenters. The van der Waals surface area contributed by atoms with Gasteiger partial charge in [-0.3, -0.25) is 0 Å². The van der Waals surface area contributed by atoms with Crippen molar-refractivity contribution in [1.29, 1.82) is 0 Å². The Morgan fingerprint density at radius 3 is 2.18 bits per heavy atom. The molecule has 1 fully saturated rings. The summed E-state index contributed by atoms with van der Waals surface area (Å²) < 4.78 is 0. The smallest absolute Gasteiger partial charge is 0.0210 e. The van der Waals surface area contributed by atoms with Gasteiger partial charge in [-0.25, -0.2) is 0 Å². The van der Waals surface area contributed by atoms with Gasteiger partial charge in [0.2, 0.25) is 0 Å². The van der Waals surface area contributed by atoms with Crippen LogP contribution in [0.2, 0.25) is 0 Å². The van der Waals surface area contributed by atoms with Gasteiger partial charge >= 0.3 is 0 Å². The second-order valence-corrected chi connectivity index (χ2v) is 4.69. The lowest BCUT2D eigenvalue weighted by Crippen LogP contribution is -2.44. The third-order valence-electron chi connectivity index (χ3n) is 3.92. The molecule has 0 amide bonds. The molecule has 1 atom stereocenters. The van der Waals surface area contributed by atoms with Gasteiger partial charge in [-0.2, -0.15) is 0 Å². The topological polar surface area (TPSA) is 26.0 Å². The van der Waals surface area contributed by atoms with Crippen LogP contribution in [0.25, 0.3) is 0 Å². The number of hydrogen-bond acceptors (Lipinski definition) is 1. The Balaban J connectivity index is 2.65. The number of nitrogens with two attached hydrogens (primary N) is 1. The Hall–Kier alpha value is -0.0400. The summed E-state index contributed by atoms with van der Waals surface area (Å²) in [6.45, 7) is 9.19. The maximum absolute atomic E-state index is 6.20. The van der Waals surface area contributed by atoms with Crippen LogP contribution in [0.5, 0.6) is 0 Å². The van der Waals surface area contributed by atoms with E-state index < -0.39 is 0 Å². The fraction of sp³-hybridized carbons (Fsp3) is 1.00. The molecule has 1 heteroatoms. The Morgan fingerprint density at radius 1 is 1.45 bits per heavy atom. The van der Waals surface area contributed by atoms with Crippen LogP contribution in [0.3, 0.4) is 0 Å². The zero-order valence-corrected chi connectivity index (χ0v) is 8.28. The summed E-state index contributed by atoms with van der Waals surface area (Å²) in [4.78, 5) is 0. The lowest BCUT2D eigenvalue weighted by molar-refractivity contribution is 0.160. The normalized spacial score (nSPS) is 24.8. The fourth-order valence-corrected chi connectivity index (χ4v) is 1.78. The average Bonchev–Trinajstić information content (AvgIpc) is 2.67. The summed E-state index contributed by atoms with van der Waals surface area (Å²) in [5, 5.41) is 0. The molecular weight excluding hydrogens is 134 g/mol. The first-order chi connectivity index (χ1) is 4.94. The van der Waals surface area contributed by atoms with Crippen LogP contribution in [0, 0.1) is 11.3 Å². The average molecular weight is 155 g/mol. The molecule has 1 rings (SSSR count). The SMILES string of the molecule is CCC(C)C(C)(C)C1(N)CC1. The van der Waals surface area contributed by atoms with E-state index in [9.17, 15) is 0 Å². The third-order valence-corrected chi connectivity index (χ3v) is 3.92. The van der Waals surface area contributed by atoms with E-state index >= 15 is 0 Å². The van der Waals surface area contributed by atoms with Crippen molar-refractivity contribution in [3.8, 4) is 0 Å². The first-order valence-electron chi connectivity index (χ1n) is 4.73. The summed E-state index contributed by atoms with van der Waals surface area (Å²) >= 11 is 0. The third kappa shape index (κ3) is 1.31. The highest BCUT2D eigenvalue weighted by Crippen LogP contribution is 2.52. The zero-order valence-electron chi connectivity index (χ0n) is 8.28. The van der Waals surface area contributed by atoms with Gasteiger partial charge in [0, 0.05) is 5.54 Å². The lowest BCUT2D eigenvalue weighted by atomic mass is 9.71. The van der Waals surface area contributed by atoms with Crippen molar-refractivity contribution in [1.82, 2.24) is 0 Å². The first-order valence-corrected chi connectivity index (χ1v) is 4.73. The fourth-order valence-electron chi connectivity index (χ4n) is 1.78. The molecule has 1 aliphatic carbocycles. The van der Waals surface area contributed by atoms with Crippen LogP contribution >= 0.6 is 0 Å². The minimum atomic E-state index is 0.169. The minimum absolute atomic E-state index is 0.169. The summed E-state index contributed by atoms with van der Waals surface area (Å²) in [7, 11) is 0. The van der Waals surface area contributed by atoms with Gasteiger partial charge in [0.15, 0.2) is 0 Å². The molecule has 0 radical (unpaired) electrons. The predicted molar refractivity (Wildman–Crippen MR) is 49.4 cm³/mol. The second-order valence-electron chi connectivity index (χ2n) is 4.69. The molecule has 11 heavy (non-hydrogen) atoms. The second kappa shape index (κ2) is 2.48. The van der Waals surface area contributed by atoms with Crippen molar-refractivity contribution < 1.29 is 0 Å². The molecule has 1 aliphatic rings. The number of rotatable bonds is 3. The first kappa shape index (κ1) is 9.05. The summed E-state index contributed by atoms with van der Waals surface area (Å²) in [6.07, 6.45) is 3.70.